The summed E-state index contributed by atoms with van der Waals surface area (Å²) < 4.78 is 6.41. The van der Waals surface area contributed by atoms with E-state index in [4.69, 9.17) is 0 Å². The van der Waals surface area contributed by atoms with Gasteiger partial charge in [-0.2, -0.15) is 0 Å². The summed E-state index contributed by atoms with van der Waals surface area (Å²) in [4.78, 5) is 26.3. The molecular formula is C12H12N2O3. The number of carbonyl (C=O) groups excluding carboxylic acids is 2. The number of hydrogen-bond acceptors (Lipinski definition) is 4. The Kier molecular flexibility index (Phi) is 2.91. The molecule has 0 radical (unpaired) electrons. The summed E-state index contributed by atoms with van der Waals surface area (Å²) in [6.07, 6.45) is 2.77. The zero-order valence-electron chi connectivity index (χ0n) is 9.64. The second kappa shape index (κ2) is 4.37. The first-order chi connectivity index (χ1) is 8.17. The maximum Gasteiger partial charge on any atom is 0.358 e. The number of ether oxygens (including phenoxy) is 1. The Labute approximate surface area is 98.0 Å². The molecule has 5 heteroatoms. The number of carbonyl (C=O) groups is 2. The van der Waals surface area contributed by atoms with E-state index >= 15 is 0 Å². The summed E-state index contributed by atoms with van der Waals surface area (Å²) in [7, 11) is 1.31. The number of methoxy groups -OCH3 is 1. The average molecular weight is 232 g/mol. The number of imidazole rings is 1. The molecule has 2 rings (SSSR count). The van der Waals surface area contributed by atoms with Crippen LogP contribution in [-0.2, 0) is 16.0 Å². The first kappa shape index (κ1) is 11.3. The van der Waals surface area contributed by atoms with Gasteiger partial charge in [0, 0.05) is 6.20 Å². The molecule has 0 aromatic carbocycles. The Hall–Kier alpha value is -2.17. The minimum Gasteiger partial charge on any atom is -0.464 e. The van der Waals surface area contributed by atoms with E-state index in [1.807, 2.05) is 19.2 Å². The van der Waals surface area contributed by atoms with Gasteiger partial charge in [0.1, 0.15) is 12.1 Å². The van der Waals surface area contributed by atoms with Crippen LogP contribution in [0, 0.1) is 6.92 Å². The lowest BCUT2D eigenvalue weighted by atomic mass is 10.2. The molecule has 0 aliphatic rings. The summed E-state index contributed by atoms with van der Waals surface area (Å²) in [5.74, 6) is 0.0441. The first-order valence-electron chi connectivity index (χ1n) is 5.17. The van der Waals surface area contributed by atoms with Crippen molar-refractivity contribution in [1.82, 2.24) is 9.38 Å². The molecular weight excluding hydrogens is 220 g/mol. The van der Waals surface area contributed by atoms with Gasteiger partial charge in [-0.05, 0) is 18.6 Å². The summed E-state index contributed by atoms with van der Waals surface area (Å²) in [5.41, 5.74) is 1.92. The predicted octanol–water partition coefficient (Wildman–Crippen LogP) is 1.17. The van der Waals surface area contributed by atoms with Crippen molar-refractivity contribution in [1.29, 1.82) is 0 Å². The fraction of sp³-hybridized carbons (Fsp3) is 0.250. The van der Waals surface area contributed by atoms with Gasteiger partial charge in [-0.25, -0.2) is 9.78 Å². The van der Waals surface area contributed by atoms with E-state index in [-0.39, 0.29) is 12.1 Å². The molecule has 17 heavy (non-hydrogen) atoms. The molecule has 0 unspecified atom stereocenters. The molecule has 0 aliphatic carbocycles. The van der Waals surface area contributed by atoms with Crippen molar-refractivity contribution in [3.8, 4) is 0 Å². The zero-order valence-corrected chi connectivity index (χ0v) is 9.64. The highest BCUT2D eigenvalue weighted by atomic mass is 16.5. The summed E-state index contributed by atoms with van der Waals surface area (Å²) >= 11 is 0. The fourth-order valence-corrected chi connectivity index (χ4v) is 1.72. The average Bonchev–Trinajstić information content (AvgIpc) is 2.67. The van der Waals surface area contributed by atoms with E-state index in [1.165, 1.54) is 7.11 Å². The standard InChI is InChI=1S/C12H12N2O3/c1-8-3-4-9-11(12(16)17-2)13-10(5-6-15)14(9)7-8/h3-4,6-7H,5H2,1-2H3. The molecule has 88 valence electrons. The normalized spacial score (nSPS) is 10.5. The molecule has 0 amide bonds. The third-order valence-corrected chi connectivity index (χ3v) is 2.50. The molecule has 5 nitrogen and oxygen atoms in total. The van der Waals surface area contributed by atoms with Crippen LogP contribution in [0.3, 0.4) is 0 Å². The summed E-state index contributed by atoms with van der Waals surface area (Å²) in [6, 6.07) is 3.68. The van der Waals surface area contributed by atoms with Crippen LogP contribution in [0.2, 0.25) is 0 Å². The van der Waals surface area contributed by atoms with Gasteiger partial charge in [-0.1, -0.05) is 6.07 Å². The van der Waals surface area contributed by atoms with Gasteiger partial charge in [-0.15, -0.1) is 0 Å². The molecule has 0 aliphatic heterocycles. The minimum absolute atomic E-state index is 0.168. The summed E-state index contributed by atoms with van der Waals surface area (Å²) in [6.45, 7) is 1.93. The number of aryl methyl sites for hydroxylation is 1. The lowest BCUT2D eigenvalue weighted by molar-refractivity contribution is -0.107. The lowest BCUT2D eigenvalue weighted by Crippen LogP contribution is -2.02. The van der Waals surface area contributed by atoms with Gasteiger partial charge in [-0.3, -0.25) is 0 Å². The van der Waals surface area contributed by atoms with Crippen LogP contribution in [0.15, 0.2) is 18.3 Å². The molecule has 2 aromatic heterocycles. The maximum absolute atomic E-state index is 11.5. The Bertz CT molecular complexity index is 587. The van der Waals surface area contributed by atoms with E-state index in [0.717, 1.165) is 11.8 Å². The zero-order chi connectivity index (χ0) is 12.4. The molecule has 0 bridgehead atoms. The number of aromatic nitrogens is 2. The first-order valence-corrected chi connectivity index (χ1v) is 5.17. The highest BCUT2D eigenvalue weighted by Gasteiger charge is 2.17. The van der Waals surface area contributed by atoms with Crippen LogP contribution in [0.4, 0.5) is 0 Å². The molecule has 0 spiro atoms. The Morgan fingerprint density at radius 1 is 1.53 bits per heavy atom. The van der Waals surface area contributed by atoms with Crippen molar-refractivity contribution in [3.63, 3.8) is 0 Å². The maximum atomic E-state index is 11.5. The van der Waals surface area contributed by atoms with Gasteiger partial charge in [0.25, 0.3) is 0 Å². The number of nitrogens with zero attached hydrogens (tertiary/aromatic N) is 2. The van der Waals surface area contributed by atoms with Gasteiger partial charge >= 0.3 is 5.97 Å². The van der Waals surface area contributed by atoms with Crippen LogP contribution in [0.25, 0.3) is 5.52 Å². The minimum atomic E-state index is -0.497. The second-order valence-electron chi connectivity index (χ2n) is 3.70. The van der Waals surface area contributed by atoms with Crippen LogP contribution in [0.5, 0.6) is 0 Å². The van der Waals surface area contributed by atoms with Gasteiger partial charge in [0.2, 0.25) is 0 Å². The van der Waals surface area contributed by atoms with E-state index in [0.29, 0.717) is 11.3 Å². The molecule has 0 saturated carbocycles. The molecule has 0 fully saturated rings. The van der Waals surface area contributed by atoms with Crippen LogP contribution in [-0.4, -0.2) is 28.7 Å². The van der Waals surface area contributed by atoms with Crippen LogP contribution < -0.4 is 0 Å². The summed E-state index contributed by atoms with van der Waals surface area (Å²) in [5, 5.41) is 0. The van der Waals surface area contributed by atoms with Crippen molar-refractivity contribution in [2.45, 2.75) is 13.3 Å². The van der Waals surface area contributed by atoms with E-state index in [9.17, 15) is 9.59 Å². The van der Waals surface area contributed by atoms with E-state index < -0.39 is 5.97 Å². The van der Waals surface area contributed by atoms with Crippen molar-refractivity contribution in [3.05, 3.63) is 35.4 Å². The van der Waals surface area contributed by atoms with Crippen molar-refractivity contribution in [2.24, 2.45) is 0 Å². The Morgan fingerprint density at radius 2 is 2.29 bits per heavy atom. The highest BCUT2D eigenvalue weighted by molar-refractivity contribution is 5.95. The van der Waals surface area contributed by atoms with Crippen LogP contribution in [0.1, 0.15) is 21.9 Å². The topological polar surface area (TPSA) is 60.7 Å². The monoisotopic (exact) mass is 232 g/mol. The third-order valence-electron chi connectivity index (χ3n) is 2.50. The van der Waals surface area contributed by atoms with Crippen LogP contribution >= 0.6 is 0 Å². The van der Waals surface area contributed by atoms with E-state index in [1.54, 1.807) is 10.5 Å². The number of aldehydes is 1. The molecule has 2 aromatic rings. The number of pyridine rings is 1. The van der Waals surface area contributed by atoms with Gasteiger partial charge in [0.15, 0.2) is 5.69 Å². The van der Waals surface area contributed by atoms with Crippen molar-refractivity contribution >= 4 is 17.8 Å². The molecule has 0 saturated heterocycles. The number of rotatable bonds is 3. The Morgan fingerprint density at radius 3 is 2.94 bits per heavy atom. The molecule has 0 atom stereocenters. The molecule has 2 heterocycles. The van der Waals surface area contributed by atoms with Gasteiger partial charge < -0.3 is 13.9 Å². The van der Waals surface area contributed by atoms with Crippen molar-refractivity contribution in [2.75, 3.05) is 7.11 Å². The SMILES string of the molecule is COC(=O)c1nc(CC=O)n2cc(C)ccc12. The molecule has 0 N–H and O–H groups in total. The third kappa shape index (κ3) is 1.91. The fourth-order valence-electron chi connectivity index (χ4n) is 1.72. The Balaban J connectivity index is 2.69. The lowest BCUT2D eigenvalue weighted by Gasteiger charge is -1.99. The highest BCUT2D eigenvalue weighted by Crippen LogP contribution is 2.15. The van der Waals surface area contributed by atoms with E-state index in [2.05, 4.69) is 9.72 Å². The predicted molar refractivity (Wildman–Crippen MR) is 61.0 cm³/mol. The quantitative estimate of drug-likeness (QED) is 0.588. The number of hydrogen-bond donors (Lipinski definition) is 0. The number of esters is 1. The smallest absolute Gasteiger partial charge is 0.358 e. The van der Waals surface area contributed by atoms with Gasteiger partial charge in [0.05, 0.1) is 19.0 Å². The van der Waals surface area contributed by atoms with Crippen molar-refractivity contribution < 1.29 is 14.3 Å². The second-order valence-corrected chi connectivity index (χ2v) is 3.70. The largest absolute Gasteiger partial charge is 0.464 e. The number of fused-ring (bicyclic) bond motifs is 1.